The molecule has 1 amide bonds. The molecule has 3 rings (SSSR count). The summed E-state index contributed by atoms with van der Waals surface area (Å²) in [5.41, 5.74) is 0.815. The van der Waals surface area contributed by atoms with E-state index in [4.69, 9.17) is 25.8 Å². The molecule has 0 saturated carbocycles. The molecule has 0 aliphatic rings. The van der Waals surface area contributed by atoms with Crippen molar-refractivity contribution >= 4 is 39.3 Å². The molecular formula is C27H28ClNO6S. The number of benzene rings is 3. The van der Waals surface area contributed by atoms with Gasteiger partial charge >= 0.3 is 0 Å². The van der Waals surface area contributed by atoms with Crippen molar-refractivity contribution in [3.8, 4) is 17.2 Å². The molecule has 9 heteroatoms. The minimum Gasteiger partial charge on any atom is -0.494 e. The van der Waals surface area contributed by atoms with E-state index in [1.807, 2.05) is 20.8 Å². The predicted octanol–water partition coefficient (Wildman–Crippen LogP) is 5.97. The molecule has 0 N–H and O–H groups in total. The number of carbonyl (C=O) groups is 1. The van der Waals surface area contributed by atoms with Crippen molar-refractivity contribution in [3.05, 3.63) is 83.4 Å². The fourth-order valence-electron chi connectivity index (χ4n) is 3.35. The summed E-state index contributed by atoms with van der Waals surface area (Å²) in [7, 11) is -4.24. The Morgan fingerprint density at radius 2 is 1.44 bits per heavy atom. The molecule has 0 atom stereocenters. The Labute approximate surface area is 216 Å². The van der Waals surface area contributed by atoms with Crippen molar-refractivity contribution in [3.63, 3.8) is 0 Å². The zero-order valence-corrected chi connectivity index (χ0v) is 21.9. The fraction of sp³-hybridized carbons (Fsp3) is 0.222. The van der Waals surface area contributed by atoms with Gasteiger partial charge in [-0.3, -0.25) is 4.79 Å². The number of ether oxygens (including phenoxy) is 3. The van der Waals surface area contributed by atoms with Crippen LogP contribution in [0.25, 0.3) is 6.08 Å². The van der Waals surface area contributed by atoms with Crippen molar-refractivity contribution in [1.29, 1.82) is 0 Å². The SMILES string of the molecule is CCOc1ccc(N(C(=O)/C=C/c2ccc(OCC)c(OCC)c2)S(=O)(=O)c2ccc(Cl)cc2)cc1. The van der Waals surface area contributed by atoms with Gasteiger partial charge in [-0.25, -0.2) is 8.42 Å². The number of halogens is 1. The molecule has 0 spiro atoms. The van der Waals surface area contributed by atoms with Crippen molar-refractivity contribution in [2.24, 2.45) is 0 Å². The topological polar surface area (TPSA) is 82.1 Å². The Hall–Kier alpha value is -3.49. The van der Waals surface area contributed by atoms with Crippen LogP contribution in [0.1, 0.15) is 26.3 Å². The Balaban J connectivity index is 1.99. The number of carbonyl (C=O) groups excluding carboxylic acids is 1. The highest BCUT2D eigenvalue weighted by molar-refractivity contribution is 7.93. The van der Waals surface area contributed by atoms with Gasteiger partial charge in [0, 0.05) is 11.1 Å². The normalized spacial score (nSPS) is 11.3. The molecule has 0 fully saturated rings. The van der Waals surface area contributed by atoms with E-state index in [1.165, 1.54) is 48.6 Å². The predicted molar refractivity (Wildman–Crippen MR) is 142 cm³/mol. The van der Waals surface area contributed by atoms with Gasteiger partial charge in [0.15, 0.2) is 11.5 Å². The molecule has 0 unspecified atom stereocenters. The van der Waals surface area contributed by atoms with Gasteiger partial charge in [-0.1, -0.05) is 17.7 Å². The largest absolute Gasteiger partial charge is 0.494 e. The van der Waals surface area contributed by atoms with Crippen LogP contribution in [0.15, 0.2) is 77.7 Å². The lowest BCUT2D eigenvalue weighted by Crippen LogP contribution is -2.35. The molecular weight excluding hydrogens is 502 g/mol. The van der Waals surface area contributed by atoms with Gasteiger partial charge < -0.3 is 14.2 Å². The highest BCUT2D eigenvalue weighted by Gasteiger charge is 2.30. The highest BCUT2D eigenvalue weighted by atomic mass is 35.5. The maximum absolute atomic E-state index is 13.5. The minimum atomic E-state index is -4.24. The Bertz CT molecular complexity index is 1310. The third-order valence-electron chi connectivity index (χ3n) is 4.92. The van der Waals surface area contributed by atoms with Crippen LogP contribution < -0.4 is 18.5 Å². The van der Waals surface area contributed by atoms with Gasteiger partial charge in [-0.2, -0.15) is 4.31 Å². The number of amides is 1. The lowest BCUT2D eigenvalue weighted by molar-refractivity contribution is -0.113. The summed E-state index contributed by atoms with van der Waals surface area (Å²) in [4.78, 5) is 13.3. The maximum Gasteiger partial charge on any atom is 0.271 e. The third kappa shape index (κ3) is 6.59. The number of rotatable bonds is 11. The Morgan fingerprint density at radius 3 is 2.06 bits per heavy atom. The summed E-state index contributed by atoms with van der Waals surface area (Å²) >= 11 is 5.93. The van der Waals surface area contributed by atoms with E-state index in [-0.39, 0.29) is 10.6 Å². The van der Waals surface area contributed by atoms with Gasteiger partial charge in [0.05, 0.1) is 30.4 Å². The van der Waals surface area contributed by atoms with Gasteiger partial charge in [0.2, 0.25) is 0 Å². The number of nitrogens with zero attached hydrogens (tertiary/aromatic N) is 1. The van der Waals surface area contributed by atoms with Gasteiger partial charge in [0.1, 0.15) is 5.75 Å². The number of hydrogen-bond acceptors (Lipinski definition) is 6. The van der Waals surface area contributed by atoms with Crippen LogP contribution in [0.3, 0.4) is 0 Å². The molecule has 3 aromatic rings. The first-order chi connectivity index (χ1) is 17.3. The van der Waals surface area contributed by atoms with Crippen molar-refractivity contribution in [2.75, 3.05) is 24.1 Å². The standard InChI is InChI=1S/C27H28ClNO6S/c1-4-33-23-13-11-22(12-14-23)29(36(31,32)24-15-9-21(28)10-16-24)27(30)18-8-20-7-17-25(34-5-2)26(19-20)35-6-3/h7-19H,4-6H2,1-3H3/b18-8+. The molecule has 0 aromatic heterocycles. The highest BCUT2D eigenvalue weighted by Crippen LogP contribution is 2.30. The number of sulfonamides is 1. The number of anilines is 1. The summed E-state index contributed by atoms with van der Waals surface area (Å²) in [6.07, 6.45) is 2.73. The summed E-state index contributed by atoms with van der Waals surface area (Å²) in [6, 6.07) is 17.1. The molecule has 7 nitrogen and oxygen atoms in total. The second-order valence-electron chi connectivity index (χ2n) is 7.39. The van der Waals surface area contributed by atoms with Crippen molar-refractivity contribution < 1.29 is 27.4 Å². The van der Waals surface area contributed by atoms with E-state index in [0.717, 1.165) is 4.31 Å². The smallest absolute Gasteiger partial charge is 0.271 e. The fourth-order valence-corrected chi connectivity index (χ4v) is 4.86. The molecule has 0 heterocycles. The monoisotopic (exact) mass is 529 g/mol. The third-order valence-corrected chi connectivity index (χ3v) is 6.91. The van der Waals surface area contributed by atoms with Crippen molar-refractivity contribution in [1.82, 2.24) is 0 Å². The molecule has 0 aliphatic carbocycles. The van der Waals surface area contributed by atoms with Crippen LogP contribution in [0.2, 0.25) is 5.02 Å². The van der Waals surface area contributed by atoms with Gasteiger partial charge in [-0.15, -0.1) is 0 Å². The minimum absolute atomic E-state index is 0.0674. The lowest BCUT2D eigenvalue weighted by atomic mass is 10.2. The Kier molecular flexibility index (Phi) is 9.38. The van der Waals surface area contributed by atoms with Crippen LogP contribution in [0.5, 0.6) is 17.2 Å². The summed E-state index contributed by atoms with van der Waals surface area (Å²) in [5, 5.41) is 0.383. The van der Waals surface area contributed by atoms with E-state index in [1.54, 1.807) is 30.3 Å². The second kappa shape index (κ2) is 12.5. The quantitative estimate of drug-likeness (QED) is 0.284. The van der Waals surface area contributed by atoms with Gasteiger partial charge in [0.25, 0.3) is 15.9 Å². The lowest BCUT2D eigenvalue weighted by Gasteiger charge is -2.22. The first-order valence-corrected chi connectivity index (χ1v) is 13.3. The average molecular weight is 530 g/mol. The van der Waals surface area contributed by atoms with Gasteiger partial charge in [-0.05, 0) is 93.1 Å². The zero-order valence-electron chi connectivity index (χ0n) is 20.3. The van der Waals surface area contributed by atoms with Crippen molar-refractivity contribution in [2.45, 2.75) is 25.7 Å². The average Bonchev–Trinajstić information content (AvgIpc) is 2.86. The molecule has 190 valence electrons. The maximum atomic E-state index is 13.5. The van der Waals surface area contributed by atoms with E-state index in [0.29, 0.717) is 47.7 Å². The molecule has 0 aliphatic heterocycles. The van der Waals surface area contributed by atoms with E-state index in [2.05, 4.69) is 0 Å². The van der Waals surface area contributed by atoms with Crippen LogP contribution in [-0.2, 0) is 14.8 Å². The molecule has 36 heavy (non-hydrogen) atoms. The summed E-state index contributed by atoms with van der Waals surface area (Å²) in [5.74, 6) is 0.933. The van der Waals surface area contributed by atoms with Crippen LogP contribution in [0, 0.1) is 0 Å². The van der Waals surface area contributed by atoms with E-state index >= 15 is 0 Å². The summed E-state index contributed by atoms with van der Waals surface area (Å²) < 4.78 is 44.4. The number of hydrogen-bond donors (Lipinski definition) is 0. The Morgan fingerprint density at radius 1 is 0.833 bits per heavy atom. The van der Waals surface area contributed by atoms with Crippen LogP contribution in [0.4, 0.5) is 5.69 Å². The molecule has 0 bridgehead atoms. The molecule has 3 aromatic carbocycles. The summed E-state index contributed by atoms with van der Waals surface area (Å²) in [6.45, 7) is 6.96. The van der Waals surface area contributed by atoms with E-state index < -0.39 is 15.9 Å². The molecule has 0 radical (unpaired) electrons. The van der Waals surface area contributed by atoms with Crippen LogP contribution in [-0.4, -0.2) is 34.1 Å². The first kappa shape index (κ1) is 27.1. The molecule has 0 saturated heterocycles. The van der Waals surface area contributed by atoms with E-state index in [9.17, 15) is 13.2 Å². The second-order valence-corrected chi connectivity index (χ2v) is 9.62. The van der Waals surface area contributed by atoms with Crippen LogP contribution >= 0.6 is 11.6 Å². The first-order valence-electron chi connectivity index (χ1n) is 11.5. The zero-order chi connectivity index (χ0) is 26.1.